The van der Waals surface area contributed by atoms with E-state index in [0.717, 1.165) is 34.7 Å². The van der Waals surface area contributed by atoms with Gasteiger partial charge >= 0.3 is 6.03 Å². The number of methoxy groups -OCH3 is 2. The number of benzene rings is 2. The summed E-state index contributed by atoms with van der Waals surface area (Å²) in [5.41, 5.74) is 2.80. The molecule has 0 heterocycles. The van der Waals surface area contributed by atoms with E-state index in [9.17, 15) is 4.79 Å². The first kappa shape index (κ1) is 18.6. The number of carbonyl (C=O) groups is 1. The monoisotopic (exact) mass is 342 g/mol. The number of hydrogen-bond acceptors (Lipinski definition) is 3. The van der Waals surface area contributed by atoms with Crippen molar-refractivity contribution >= 4 is 11.7 Å². The minimum atomic E-state index is -0.212. The number of urea groups is 1. The molecule has 1 atom stereocenters. The molecule has 0 aliphatic carbocycles. The van der Waals surface area contributed by atoms with Crippen molar-refractivity contribution in [1.82, 2.24) is 5.32 Å². The van der Waals surface area contributed by atoms with Crippen LogP contribution in [0.3, 0.4) is 0 Å². The van der Waals surface area contributed by atoms with Crippen LogP contribution < -0.4 is 20.1 Å². The SMILES string of the molecule is CCC(Cc1cc(OC)c(C)cc1OC)NC(=O)Nc1ccccc1. The fourth-order valence-corrected chi connectivity index (χ4v) is 2.71. The predicted molar refractivity (Wildman–Crippen MR) is 101 cm³/mol. The molecule has 2 aromatic rings. The second-order valence-corrected chi connectivity index (χ2v) is 5.91. The molecule has 0 bridgehead atoms. The zero-order valence-electron chi connectivity index (χ0n) is 15.3. The molecule has 0 saturated heterocycles. The molecular weight excluding hydrogens is 316 g/mol. The first-order valence-electron chi connectivity index (χ1n) is 8.41. The Hall–Kier alpha value is -2.69. The summed E-state index contributed by atoms with van der Waals surface area (Å²) in [4.78, 5) is 12.2. The van der Waals surface area contributed by atoms with E-state index in [-0.39, 0.29) is 12.1 Å². The third-order valence-electron chi connectivity index (χ3n) is 4.12. The topological polar surface area (TPSA) is 59.6 Å². The van der Waals surface area contributed by atoms with Crippen molar-refractivity contribution in [2.45, 2.75) is 32.7 Å². The molecule has 5 heteroatoms. The average molecular weight is 342 g/mol. The Bertz CT molecular complexity index is 702. The summed E-state index contributed by atoms with van der Waals surface area (Å²) in [7, 11) is 3.31. The van der Waals surface area contributed by atoms with Gasteiger partial charge in [-0.2, -0.15) is 0 Å². The molecule has 2 amide bonds. The van der Waals surface area contributed by atoms with E-state index in [1.165, 1.54) is 0 Å². The van der Waals surface area contributed by atoms with Crippen molar-refractivity contribution in [3.63, 3.8) is 0 Å². The molecule has 0 aliphatic heterocycles. The highest BCUT2D eigenvalue weighted by molar-refractivity contribution is 5.89. The summed E-state index contributed by atoms with van der Waals surface area (Å²) in [6.07, 6.45) is 1.47. The normalized spacial score (nSPS) is 11.5. The van der Waals surface area contributed by atoms with Gasteiger partial charge in [-0.3, -0.25) is 0 Å². The maximum atomic E-state index is 12.2. The summed E-state index contributed by atoms with van der Waals surface area (Å²) in [6.45, 7) is 4.03. The summed E-state index contributed by atoms with van der Waals surface area (Å²) in [5.74, 6) is 1.63. The van der Waals surface area contributed by atoms with Gasteiger partial charge < -0.3 is 20.1 Å². The quantitative estimate of drug-likeness (QED) is 0.794. The van der Waals surface area contributed by atoms with E-state index in [2.05, 4.69) is 10.6 Å². The number of nitrogens with one attached hydrogen (secondary N) is 2. The first-order chi connectivity index (χ1) is 12.1. The number of ether oxygens (including phenoxy) is 2. The highest BCUT2D eigenvalue weighted by Crippen LogP contribution is 2.29. The van der Waals surface area contributed by atoms with E-state index >= 15 is 0 Å². The molecule has 5 nitrogen and oxygen atoms in total. The number of aryl methyl sites for hydroxylation is 1. The third-order valence-corrected chi connectivity index (χ3v) is 4.12. The number of para-hydroxylation sites is 1. The van der Waals surface area contributed by atoms with Crippen molar-refractivity contribution in [3.8, 4) is 11.5 Å². The maximum Gasteiger partial charge on any atom is 0.319 e. The lowest BCUT2D eigenvalue weighted by Gasteiger charge is -2.20. The Morgan fingerprint density at radius 3 is 2.36 bits per heavy atom. The van der Waals surface area contributed by atoms with Crippen LogP contribution in [0, 0.1) is 6.92 Å². The fraction of sp³-hybridized carbons (Fsp3) is 0.350. The molecule has 134 valence electrons. The van der Waals surface area contributed by atoms with Crippen LogP contribution in [-0.4, -0.2) is 26.3 Å². The summed E-state index contributed by atoms with van der Waals surface area (Å²) in [5, 5.41) is 5.87. The van der Waals surface area contributed by atoms with Crippen molar-refractivity contribution in [3.05, 3.63) is 53.6 Å². The Kier molecular flexibility index (Phi) is 6.69. The molecule has 2 N–H and O–H groups in total. The first-order valence-corrected chi connectivity index (χ1v) is 8.41. The van der Waals surface area contributed by atoms with E-state index in [0.29, 0.717) is 6.42 Å². The van der Waals surface area contributed by atoms with E-state index < -0.39 is 0 Å². The molecule has 0 aromatic heterocycles. The van der Waals surface area contributed by atoms with Gasteiger partial charge in [0.25, 0.3) is 0 Å². The van der Waals surface area contributed by atoms with Crippen LogP contribution >= 0.6 is 0 Å². The molecule has 1 unspecified atom stereocenters. The van der Waals surface area contributed by atoms with E-state index in [1.807, 2.05) is 56.3 Å². The lowest BCUT2D eigenvalue weighted by molar-refractivity contribution is 0.248. The van der Waals surface area contributed by atoms with Gasteiger partial charge in [0, 0.05) is 11.7 Å². The lowest BCUT2D eigenvalue weighted by atomic mass is 10.0. The molecule has 0 radical (unpaired) electrons. The van der Waals surface area contributed by atoms with Gasteiger partial charge in [-0.05, 0) is 55.2 Å². The molecular formula is C20H26N2O3. The van der Waals surface area contributed by atoms with E-state index in [4.69, 9.17) is 9.47 Å². The summed E-state index contributed by atoms with van der Waals surface area (Å²) >= 11 is 0. The van der Waals surface area contributed by atoms with Crippen molar-refractivity contribution in [2.24, 2.45) is 0 Å². The Morgan fingerprint density at radius 2 is 1.76 bits per heavy atom. The minimum absolute atomic E-state index is 0.00924. The maximum absolute atomic E-state index is 12.2. The molecule has 2 aromatic carbocycles. The van der Waals surface area contributed by atoms with Gasteiger partial charge in [0.2, 0.25) is 0 Å². The zero-order valence-corrected chi connectivity index (χ0v) is 15.3. The highest BCUT2D eigenvalue weighted by atomic mass is 16.5. The van der Waals surface area contributed by atoms with Gasteiger partial charge in [0.05, 0.1) is 14.2 Å². The summed E-state index contributed by atoms with van der Waals surface area (Å²) < 4.78 is 10.9. The number of carbonyl (C=O) groups excluding carboxylic acids is 1. The standard InChI is InChI=1S/C20H26N2O3/c1-5-16(21-20(23)22-17-9-7-6-8-10-17)12-15-13-18(24-3)14(2)11-19(15)25-4/h6-11,13,16H,5,12H2,1-4H3,(H2,21,22,23). The van der Waals surface area contributed by atoms with Crippen molar-refractivity contribution in [2.75, 3.05) is 19.5 Å². The molecule has 0 spiro atoms. The van der Waals surface area contributed by atoms with Crippen LogP contribution in [0.15, 0.2) is 42.5 Å². The van der Waals surface area contributed by atoms with Crippen LogP contribution in [0.4, 0.5) is 10.5 Å². The van der Waals surface area contributed by atoms with Gasteiger partial charge in [-0.25, -0.2) is 4.79 Å². The van der Waals surface area contributed by atoms with Crippen molar-refractivity contribution < 1.29 is 14.3 Å². The van der Waals surface area contributed by atoms with Crippen molar-refractivity contribution in [1.29, 1.82) is 0 Å². The zero-order chi connectivity index (χ0) is 18.2. The molecule has 0 saturated carbocycles. The van der Waals surface area contributed by atoms with Crippen LogP contribution in [0.1, 0.15) is 24.5 Å². The Balaban J connectivity index is 2.07. The number of rotatable bonds is 7. The van der Waals surface area contributed by atoms with Crippen LogP contribution in [0.25, 0.3) is 0 Å². The number of anilines is 1. The Labute approximate surface area is 149 Å². The van der Waals surface area contributed by atoms with Crippen LogP contribution in [0.5, 0.6) is 11.5 Å². The number of hydrogen-bond donors (Lipinski definition) is 2. The predicted octanol–water partition coefficient (Wildman–Crippen LogP) is 4.16. The van der Waals surface area contributed by atoms with Gasteiger partial charge in [0.1, 0.15) is 11.5 Å². The second kappa shape index (κ2) is 8.97. The largest absolute Gasteiger partial charge is 0.496 e. The smallest absolute Gasteiger partial charge is 0.319 e. The number of amides is 2. The molecule has 2 rings (SSSR count). The Morgan fingerprint density at radius 1 is 1.08 bits per heavy atom. The van der Waals surface area contributed by atoms with Gasteiger partial charge in [-0.15, -0.1) is 0 Å². The minimum Gasteiger partial charge on any atom is -0.496 e. The third kappa shape index (κ3) is 5.14. The highest BCUT2D eigenvalue weighted by Gasteiger charge is 2.16. The van der Waals surface area contributed by atoms with Crippen LogP contribution in [-0.2, 0) is 6.42 Å². The second-order valence-electron chi connectivity index (χ2n) is 5.91. The lowest BCUT2D eigenvalue weighted by Crippen LogP contribution is -2.39. The van der Waals surface area contributed by atoms with E-state index in [1.54, 1.807) is 14.2 Å². The van der Waals surface area contributed by atoms with Gasteiger partial charge in [0.15, 0.2) is 0 Å². The van der Waals surface area contributed by atoms with Gasteiger partial charge in [-0.1, -0.05) is 25.1 Å². The molecule has 25 heavy (non-hydrogen) atoms. The summed E-state index contributed by atoms with van der Waals surface area (Å²) in [6, 6.07) is 13.1. The molecule has 0 aliphatic rings. The fourth-order valence-electron chi connectivity index (χ4n) is 2.71. The molecule has 0 fully saturated rings. The average Bonchev–Trinajstić information content (AvgIpc) is 2.62. The van der Waals surface area contributed by atoms with Crippen LogP contribution in [0.2, 0.25) is 0 Å².